The third-order valence-electron chi connectivity index (χ3n) is 2.21. The van der Waals surface area contributed by atoms with Crippen LogP contribution in [0.25, 0.3) is 0 Å². The molecule has 0 amide bonds. The first-order chi connectivity index (χ1) is 7.28. The standard InChI is InChI=1S/C11H15N3O/c1-15-10-4-2-3-9(7-10)14-11(12)13-8-5-6-8/h2-4,7-8H,5-6H2,1H3,(H3,12,13,14). The highest BCUT2D eigenvalue weighted by molar-refractivity contribution is 5.92. The van der Waals surface area contributed by atoms with E-state index in [-0.39, 0.29) is 0 Å². The number of hydrogen-bond acceptors (Lipinski definition) is 2. The van der Waals surface area contributed by atoms with Gasteiger partial charge in [0, 0.05) is 11.8 Å². The molecule has 3 N–H and O–H groups in total. The molecular weight excluding hydrogens is 190 g/mol. The molecule has 2 rings (SSSR count). The van der Waals surface area contributed by atoms with Gasteiger partial charge in [-0.25, -0.2) is 4.99 Å². The van der Waals surface area contributed by atoms with E-state index in [4.69, 9.17) is 10.5 Å². The molecule has 0 aromatic heterocycles. The quantitative estimate of drug-likeness (QED) is 0.582. The Hall–Kier alpha value is -1.71. The fraction of sp³-hybridized carbons (Fsp3) is 0.364. The minimum atomic E-state index is 0.433. The van der Waals surface area contributed by atoms with E-state index in [9.17, 15) is 0 Å². The van der Waals surface area contributed by atoms with E-state index in [1.54, 1.807) is 7.11 Å². The summed E-state index contributed by atoms with van der Waals surface area (Å²) in [5.41, 5.74) is 6.64. The second-order valence-corrected chi connectivity index (χ2v) is 3.60. The van der Waals surface area contributed by atoms with E-state index in [0.29, 0.717) is 12.0 Å². The molecule has 1 aromatic carbocycles. The van der Waals surface area contributed by atoms with Crippen molar-refractivity contribution in [3.8, 4) is 5.75 Å². The topological polar surface area (TPSA) is 59.6 Å². The van der Waals surface area contributed by atoms with Crippen molar-refractivity contribution in [1.82, 2.24) is 0 Å². The molecule has 4 nitrogen and oxygen atoms in total. The zero-order valence-corrected chi connectivity index (χ0v) is 8.73. The summed E-state index contributed by atoms with van der Waals surface area (Å²) in [6.45, 7) is 0. The number of methoxy groups -OCH3 is 1. The van der Waals surface area contributed by atoms with Crippen LogP contribution in [0.1, 0.15) is 12.8 Å². The Balaban J connectivity index is 2.02. The minimum Gasteiger partial charge on any atom is -0.497 e. The van der Waals surface area contributed by atoms with Crippen molar-refractivity contribution in [1.29, 1.82) is 0 Å². The van der Waals surface area contributed by atoms with Gasteiger partial charge in [0.05, 0.1) is 13.2 Å². The first kappa shape index (κ1) is 9.83. The Morgan fingerprint density at radius 1 is 1.53 bits per heavy atom. The number of nitrogens with two attached hydrogens (primary N) is 1. The maximum absolute atomic E-state index is 5.74. The Kier molecular flexibility index (Phi) is 2.76. The molecule has 0 aliphatic heterocycles. The molecule has 0 saturated heterocycles. The third kappa shape index (κ3) is 2.87. The van der Waals surface area contributed by atoms with Crippen LogP contribution in [0.3, 0.4) is 0 Å². The monoisotopic (exact) mass is 205 g/mol. The Labute approximate surface area is 89.1 Å². The minimum absolute atomic E-state index is 0.433. The van der Waals surface area contributed by atoms with Gasteiger partial charge in [0.15, 0.2) is 5.96 Å². The molecule has 1 aliphatic carbocycles. The summed E-state index contributed by atoms with van der Waals surface area (Å²) in [6.07, 6.45) is 2.31. The van der Waals surface area contributed by atoms with E-state index in [1.807, 2.05) is 24.3 Å². The van der Waals surface area contributed by atoms with Crippen LogP contribution in [0.2, 0.25) is 0 Å². The number of ether oxygens (including phenoxy) is 1. The highest BCUT2D eigenvalue weighted by Crippen LogP contribution is 2.23. The van der Waals surface area contributed by atoms with Gasteiger partial charge in [-0.1, -0.05) is 6.07 Å². The van der Waals surface area contributed by atoms with Crippen molar-refractivity contribution in [3.05, 3.63) is 24.3 Å². The second-order valence-electron chi connectivity index (χ2n) is 3.60. The van der Waals surface area contributed by atoms with E-state index in [0.717, 1.165) is 24.3 Å². The summed E-state index contributed by atoms with van der Waals surface area (Å²) in [5.74, 6) is 1.28. The van der Waals surface area contributed by atoms with Crippen molar-refractivity contribution < 1.29 is 4.74 Å². The number of nitrogens with zero attached hydrogens (tertiary/aromatic N) is 1. The van der Waals surface area contributed by atoms with Crippen molar-refractivity contribution in [2.24, 2.45) is 10.7 Å². The first-order valence-electron chi connectivity index (χ1n) is 5.02. The average molecular weight is 205 g/mol. The van der Waals surface area contributed by atoms with Gasteiger partial charge in [-0.3, -0.25) is 0 Å². The number of guanidine groups is 1. The van der Waals surface area contributed by atoms with Crippen molar-refractivity contribution in [2.45, 2.75) is 18.9 Å². The van der Waals surface area contributed by atoms with Crippen LogP contribution in [-0.2, 0) is 0 Å². The number of aliphatic imine (C=N–C) groups is 1. The molecule has 1 fully saturated rings. The van der Waals surface area contributed by atoms with Crippen LogP contribution < -0.4 is 15.8 Å². The summed E-state index contributed by atoms with van der Waals surface area (Å²) in [4.78, 5) is 4.28. The van der Waals surface area contributed by atoms with Gasteiger partial charge in [-0.2, -0.15) is 0 Å². The summed E-state index contributed by atoms with van der Waals surface area (Å²) < 4.78 is 5.11. The molecule has 0 unspecified atom stereocenters. The summed E-state index contributed by atoms with van der Waals surface area (Å²) in [7, 11) is 1.64. The van der Waals surface area contributed by atoms with Gasteiger partial charge in [-0.05, 0) is 25.0 Å². The van der Waals surface area contributed by atoms with Crippen molar-refractivity contribution in [2.75, 3.05) is 12.4 Å². The van der Waals surface area contributed by atoms with Crippen LogP contribution in [-0.4, -0.2) is 19.1 Å². The summed E-state index contributed by atoms with van der Waals surface area (Å²) in [6, 6.07) is 8.04. The normalized spacial score (nSPS) is 16.2. The molecule has 0 bridgehead atoms. The molecule has 1 aromatic rings. The molecule has 1 saturated carbocycles. The highest BCUT2D eigenvalue weighted by Gasteiger charge is 2.20. The van der Waals surface area contributed by atoms with Crippen molar-refractivity contribution >= 4 is 11.6 Å². The number of hydrogen-bond donors (Lipinski definition) is 2. The summed E-state index contributed by atoms with van der Waals surface area (Å²) in [5, 5.41) is 3.04. The Morgan fingerprint density at radius 2 is 2.33 bits per heavy atom. The Morgan fingerprint density at radius 3 is 3.00 bits per heavy atom. The van der Waals surface area contributed by atoms with Crippen LogP contribution >= 0.6 is 0 Å². The van der Waals surface area contributed by atoms with E-state index in [2.05, 4.69) is 10.3 Å². The van der Waals surface area contributed by atoms with Gasteiger partial charge in [0.1, 0.15) is 5.75 Å². The van der Waals surface area contributed by atoms with Crippen LogP contribution in [0.4, 0.5) is 5.69 Å². The number of benzene rings is 1. The van der Waals surface area contributed by atoms with Crippen LogP contribution in [0.5, 0.6) is 5.75 Å². The van der Waals surface area contributed by atoms with Crippen LogP contribution in [0.15, 0.2) is 29.3 Å². The van der Waals surface area contributed by atoms with E-state index < -0.39 is 0 Å². The lowest BCUT2D eigenvalue weighted by molar-refractivity contribution is 0.415. The fourth-order valence-electron chi connectivity index (χ4n) is 1.28. The zero-order valence-electron chi connectivity index (χ0n) is 8.73. The molecule has 1 aliphatic rings. The predicted molar refractivity (Wildman–Crippen MR) is 61.3 cm³/mol. The van der Waals surface area contributed by atoms with Gasteiger partial charge < -0.3 is 15.8 Å². The number of rotatable bonds is 3. The second kappa shape index (κ2) is 4.21. The van der Waals surface area contributed by atoms with E-state index in [1.165, 1.54) is 0 Å². The molecule has 4 heteroatoms. The van der Waals surface area contributed by atoms with Crippen molar-refractivity contribution in [3.63, 3.8) is 0 Å². The lowest BCUT2D eigenvalue weighted by atomic mass is 10.3. The molecule has 0 atom stereocenters. The van der Waals surface area contributed by atoms with E-state index >= 15 is 0 Å². The summed E-state index contributed by atoms with van der Waals surface area (Å²) >= 11 is 0. The van der Waals surface area contributed by atoms with Gasteiger partial charge in [-0.15, -0.1) is 0 Å². The lowest BCUT2D eigenvalue weighted by Crippen LogP contribution is -2.22. The van der Waals surface area contributed by atoms with Gasteiger partial charge >= 0.3 is 0 Å². The maximum Gasteiger partial charge on any atom is 0.193 e. The third-order valence-corrected chi connectivity index (χ3v) is 2.21. The highest BCUT2D eigenvalue weighted by atomic mass is 16.5. The molecule has 15 heavy (non-hydrogen) atoms. The number of anilines is 1. The molecular formula is C11H15N3O. The SMILES string of the molecule is COc1cccc(NC(N)=NC2CC2)c1. The number of nitrogens with one attached hydrogen (secondary N) is 1. The largest absolute Gasteiger partial charge is 0.497 e. The lowest BCUT2D eigenvalue weighted by Gasteiger charge is -2.06. The molecule has 0 spiro atoms. The maximum atomic E-state index is 5.74. The van der Waals surface area contributed by atoms with Gasteiger partial charge in [0.25, 0.3) is 0 Å². The molecule has 0 radical (unpaired) electrons. The smallest absolute Gasteiger partial charge is 0.193 e. The molecule has 80 valence electrons. The van der Waals surface area contributed by atoms with Gasteiger partial charge in [0.2, 0.25) is 0 Å². The fourth-order valence-corrected chi connectivity index (χ4v) is 1.28. The first-order valence-corrected chi connectivity index (χ1v) is 5.02. The Bertz CT molecular complexity index is 372. The predicted octanol–water partition coefficient (Wildman–Crippen LogP) is 1.58. The zero-order chi connectivity index (χ0) is 10.7. The van der Waals surface area contributed by atoms with Crippen LogP contribution in [0, 0.1) is 0 Å². The average Bonchev–Trinajstić information content (AvgIpc) is 3.02. The molecule has 0 heterocycles.